The van der Waals surface area contributed by atoms with E-state index in [0.717, 1.165) is 28.3 Å². The van der Waals surface area contributed by atoms with Gasteiger partial charge in [0.2, 0.25) is 5.91 Å². The van der Waals surface area contributed by atoms with Gasteiger partial charge in [-0.2, -0.15) is 0 Å². The number of nitrogens with zero attached hydrogens (tertiary/aromatic N) is 1. The predicted octanol–water partition coefficient (Wildman–Crippen LogP) is 5.35. The van der Waals surface area contributed by atoms with Crippen molar-refractivity contribution in [1.29, 1.82) is 0 Å². The van der Waals surface area contributed by atoms with Gasteiger partial charge in [0.15, 0.2) is 0 Å². The normalized spacial score (nSPS) is 12.3. The van der Waals surface area contributed by atoms with Crippen LogP contribution >= 0.6 is 0 Å². The molecular weight excluding hydrogens is 392 g/mol. The highest BCUT2D eigenvalue weighted by Crippen LogP contribution is 2.29. The molecular formula is C25H28N2O4. The lowest BCUT2D eigenvalue weighted by Crippen LogP contribution is -2.27. The second-order valence-electron chi connectivity index (χ2n) is 8.65. The van der Waals surface area contributed by atoms with Crippen LogP contribution in [0.2, 0.25) is 0 Å². The van der Waals surface area contributed by atoms with Crippen LogP contribution in [0.4, 0.5) is 5.69 Å². The molecule has 0 fully saturated rings. The molecule has 3 aromatic rings. The van der Waals surface area contributed by atoms with Crippen molar-refractivity contribution >= 4 is 17.4 Å². The number of benzene rings is 2. The highest BCUT2D eigenvalue weighted by atomic mass is 16.5. The minimum atomic E-state index is -0.458. The number of ketones is 1. The van der Waals surface area contributed by atoms with E-state index in [1.165, 1.54) is 6.26 Å². The van der Waals surface area contributed by atoms with Crippen molar-refractivity contribution in [2.45, 2.75) is 46.6 Å². The Kier molecular flexibility index (Phi) is 6.90. The van der Waals surface area contributed by atoms with Crippen LogP contribution in [0.1, 0.15) is 56.9 Å². The van der Waals surface area contributed by atoms with Gasteiger partial charge in [0, 0.05) is 29.5 Å². The summed E-state index contributed by atoms with van der Waals surface area (Å²) in [5.74, 6) is 0.628. The summed E-state index contributed by atoms with van der Waals surface area (Å²) in [5, 5.41) is 6.93. The third kappa shape index (κ3) is 6.28. The first kappa shape index (κ1) is 22.3. The Bertz CT molecular complexity index is 1020. The van der Waals surface area contributed by atoms with Gasteiger partial charge in [-0.3, -0.25) is 9.59 Å². The number of hydrogen-bond donors (Lipinski definition) is 1. The molecule has 0 aliphatic carbocycles. The number of anilines is 1. The molecule has 1 amide bonds. The Morgan fingerprint density at radius 3 is 2.45 bits per heavy atom. The molecule has 0 saturated heterocycles. The van der Waals surface area contributed by atoms with Crippen LogP contribution in [0, 0.1) is 5.41 Å². The second kappa shape index (κ2) is 9.60. The average Bonchev–Trinajstić information content (AvgIpc) is 3.25. The first-order valence-corrected chi connectivity index (χ1v) is 10.3. The predicted molar refractivity (Wildman–Crippen MR) is 119 cm³/mol. The fourth-order valence-corrected chi connectivity index (χ4v) is 3.10. The molecule has 162 valence electrons. The SMILES string of the molecule is CC(=O)C[C@@H](c1ccc(OCc2cccc(NC(=O)C(C)(C)C)c2)cc1)c1ccon1. The summed E-state index contributed by atoms with van der Waals surface area (Å²) < 4.78 is 10.9. The number of carbonyl (C=O) groups excluding carboxylic acids is 2. The second-order valence-corrected chi connectivity index (χ2v) is 8.65. The molecule has 0 aliphatic rings. The molecule has 1 aromatic heterocycles. The van der Waals surface area contributed by atoms with Crippen molar-refractivity contribution in [2.75, 3.05) is 5.32 Å². The van der Waals surface area contributed by atoms with E-state index in [1.807, 2.05) is 69.3 Å². The van der Waals surface area contributed by atoms with Gasteiger partial charge in [-0.1, -0.05) is 50.2 Å². The van der Waals surface area contributed by atoms with E-state index in [9.17, 15) is 9.59 Å². The van der Waals surface area contributed by atoms with Gasteiger partial charge < -0.3 is 14.6 Å². The number of hydrogen-bond acceptors (Lipinski definition) is 5. The topological polar surface area (TPSA) is 81.4 Å². The van der Waals surface area contributed by atoms with E-state index >= 15 is 0 Å². The number of aromatic nitrogens is 1. The fourth-order valence-electron chi connectivity index (χ4n) is 3.10. The number of rotatable bonds is 8. The molecule has 0 saturated carbocycles. The van der Waals surface area contributed by atoms with Crippen LogP contribution in [0.5, 0.6) is 5.75 Å². The monoisotopic (exact) mass is 420 g/mol. The number of amides is 1. The molecule has 6 nitrogen and oxygen atoms in total. The third-order valence-corrected chi connectivity index (χ3v) is 4.86. The largest absolute Gasteiger partial charge is 0.489 e. The van der Waals surface area contributed by atoms with Gasteiger partial charge in [0.05, 0.1) is 5.69 Å². The fraction of sp³-hybridized carbons (Fsp3) is 0.320. The van der Waals surface area contributed by atoms with Crippen molar-refractivity contribution in [3.05, 3.63) is 77.7 Å². The first-order chi connectivity index (χ1) is 14.7. The smallest absolute Gasteiger partial charge is 0.229 e. The molecule has 2 aromatic carbocycles. The van der Waals surface area contributed by atoms with Crippen molar-refractivity contribution in [2.24, 2.45) is 5.41 Å². The number of ether oxygens (including phenoxy) is 1. The molecule has 0 radical (unpaired) electrons. The number of Topliss-reactive ketones (excluding diaryl/α,β-unsaturated/α-hetero) is 1. The highest BCUT2D eigenvalue weighted by molar-refractivity contribution is 5.94. The molecule has 3 rings (SSSR count). The average molecular weight is 421 g/mol. The summed E-state index contributed by atoms with van der Waals surface area (Å²) in [7, 11) is 0. The number of carbonyl (C=O) groups is 2. The van der Waals surface area contributed by atoms with Crippen LogP contribution in [0.25, 0.3) is 0 Å². The molecule has 0 spiro atoms. The molecule has 0 aliphatic heterocycles. The summed E-state index contributed by atoms with van der Waals surface area (Å²) in [6, 6.07) is 17.0. The van der Waals surface area contributed by atoms with Gasteiger partial charge in [-0.05, 0) is 42.3 Å². The summed E-state index contributed by atoms with van der Waals surface area (Å²) in [4.78, 5) is 23.9. The van der Waals surface area contributed by atoms with Gasteiger partial charge in [-0.15, -0.1) is 0 Å². The van der Waals surface area contributed by atoms with Crippen molar-refractivity contribution < 1.29 is 18.8 Å². The summed E-state index contributed by atoms with van der Waals surface area (Å²) in [5.41, 5.74) is 2.95. The van der Waals surface area contributed by atoms with E-state index in [4.69, 9.17) is 9.26 Å². The lowest BCUT2D eigenvalue weighted by Gasteiger charge is -2.18. The Hall–Kier alpha value is -3.41. The minimum Gasteiger partial charge on any atom is -0.489 e. The van der Waals surface area contributed by atoms with Gasteiger partial charge in [0.1, 0.15) is 24.4 Å². The van der Waals surface area contributed by atoms with Crippen molar-refractivity contribution in [1.82, 2.24) is 5.16 Å². The van der Waals surface area contributed by atoms with Crippen molar-refractivity contribution in [3.8, 4) is 5.75 Å². The van der Waals surface area contributed by atoms with Gasteiger partial charge in [-0.25, -0.2) is 0 Å². The van der Waals surface area contributed by atoms with E-state index in [1.54, 1.807) is 13.0 Å². The Morgan fingerprint density at radius 2 is 1.84 bits per heavy atom. The maximum Gasteiger partial charge on any atom is 0.229 e. The van der Waals surface area contributed by atoms with Gasteiger partial charge >= 0.3 is 0 Å². The summed E-state index contributed by atoms with van der Waals surface area (Å²) in [6.45, 7) is 7.58. The van der Waals surface area contributed by atoms with Crippen LogP contribution < -0.4 is 10.1 Å². The van der Waals surface area contributed by atoms with Crippen LogP contribution in [0.3, 0.4) is 0 Å². The highest BCUT2D eigenvalue weighted by Gasteiger charge is 2.21. The Labute approximate surface area is 182 Å². The van der Waals surface area contributed by atoms with Crippen LogP contribution in [0.15, 0.2) is 65.4 Å². The Balaban J connectivity index is 1.65. The summed E-state index contributed by atoms with van der Waals surface area (Å²) in [6.07, 6.45) is 1.87. The maximum atomic E-state index is 12.2. The van der Waals surface area contributed by atoms with Crippen molar-refractivity contribution in [3.63, 3.8) is 0 Å². The zero-order valence-corrected chi connectivity index (χ0v) is 18.3. The van der Waals surface area contributed by atoms with E-state index in [2.05, 4.69) is 10.5 Å². The van der Waals surface area contributed by atoms with E-state index in [-0.39, 0.29) is 17.6 Å². The summed E-state index contributed by atoms with van der Waals surface area (Å²) >= 11 is 0. The minimum absolute atomic E-state index is 0.0339. The standard InChI is InChI=1S/C25H28N2O4/c1-17(28)14-22(23-12-13-31-27-23)19-8-10-21(11-9-19)30-16-18-6-5-7-20(15-18)26-24(29)25(2,3)4/h5-13,15,22H,14,16H2,1-4H3,(H,26,29)/t22-/m0/s1. The third-order valence-electron chi connectivity index (χ3n) is 4.86. The first-order valence-electron chi connectivity index (χ1n) is 10.3. The molecule has 0 unspecified atom stereocenters. The quantitative estimate of drug-likeness (QED) is 0.531. The molecule has 31 heavy (non-hydrogen) atoms. The Morgan fingerprint density at radius 1 is 1.10 bits per heavy atom. The zero-order valence-electron chi connectivity index (χ0n) is 18.3. The number of nitrogens with one attached hydrogen (secondary N) is 1. The van der Waals surface area contributed by atoms with E-state index in [0.29, 0.717) is 13.0 Å². The lowest BCUT2D eigenvalue weighted by molar-refractivity contribution is -0.123. The van der Waals surface area contributed by atoms with Gasteiger partial charge in [0.25, 0.3) is 0 Å². The lowest BCUT2D eigenvalue weighted by atomic mass is 9.91. The van der Waals surface area contributed by atoms with Crippen LogP contribution in [-0.2, 0) is 16.2 Å². The maximum absolute atomic E-state index is 12.2. The molecule has 1 atom stereocenters. The van der Waals surface area contributed by atoms with E-state index < -0.39 is 5.41 Å². The van der Waals surface area contributed by atoms with Crippen LogP contribution in [-0.4, -0.2) is 16.8 Å². The zero-order chi connectivity index (χ0) is 22.4. The molecule has 1 heterocycles. The molecule has 1 N–H and O–H groups in total. The molecule has 6 heteroatoms. The molecule has 0 bridgehead atoms.